The van der Waals surface area contributed by atoms with E-state index in [1.807, 2.05) is 0 Å². The number of nitrogens with one attached hydrogen (secondary N) is 2. The first-order chi connectivity index (χ1) is 7.23. The summed E-state index contributed by atoms with van der Waals surface area (Å²) in [4.78, 5) is 0. The molecule has 82 valence electrons. The lowest BCUT2D eigenvalue weighted by atomic mass is 9.90. The lowest BCUT2D eigenvalue weighted by Gasteiger charge is -2.34. The van der Waals surface area contributed by atoms with Crippen molar-refractivity contribution in [2.75, 3.05) is 13.1 Å². The highest BCUT2D eigenvalue weighted by Gasteiger charge is 2.35. The second-order valence-corrected chi connectivity index (χ2v) is 4.64. The van der Waals surface area contributed by atoms with Crippen molar-refractivity contribution in [3.05, 3.63) is 35.9 Å². The molecule has 2 nitrogen and oxygen atoms in total. The molecular weight excluding hydrogens is 184 g/mol. The van der Waals surface area contributed by atoms with E-state index in [4.69, 9.17) is 0 Å². The third kappa shape index (κ3) is 2.21. The monoisotopic (exact) mass is 204 g/mol. The van der Waals surface area contributed by atoms with Crippen LogP contribution in [0, 0.1) is 5.92 Å². The van der Waals surface area contributed by atoms with Gasteiger partial charge in [0, 0.05) is 19.5 Å². The minimum Gasteiger partial charge on any atom is -0.298 e. The molecule has 0 amide bonds. The molecule has 0 radical (unpaired) electrons. The van der Waals surface area contributed by atoms with Crippen LogP contribution in [-0.4, -0.2) is 18.8 Å². The lowest BCUT2D eigenvalue weighted by molar-refractivity contribution is 0.236. The summed E-state index contributed by atoms with van der Waals surface area (Å²) >= 11 is 0. The van der Waals surface area contributed by atoms with Crippen molar-refractivity contribution in [1.82, 2.24) is 10.6 Å². The van der Waals surface area contributed by atoms with Gasteiger partial charge < -0.3 is 0 Å². The average molecular weight is 204 g/mol. The standard InChI is InChI=1S/C13H20N2/c1-11(2)13(14-8-9-15-13)10-12-6-4-3-5-7-12/h3-7,11,14-15H,8-10H2,1-2H3. The molecule has 0 aliphatic carbocycles. The second-order valence-electron chi connectivity index (χ2n) is 4.64. The third-order valence-corrected chi connectivity index (χ3v) is 3.32. The predicted molar refractivity (Wildman–Crippen MR) is 63.7 cm³/mol. The summed E-state index contributed by atoms with van der Waals surface area (Å²) in [6, 6.07) is 10.7. The first-order valence-corrected chi connectivity index (χ1v) is 5.77. The van der Waals surface area contributed by atoms with E-state index >= 15 is 0 Å². The molecule has 0 bridgehead atoms. The summed E-state index contributed by atoms with van der Waals surface area (Å²) in [5.74, 6) is 0.597. The summed E-state index contributed by atoms with van der Waals surface area (Å²) in [5, 5.41) is 7.21. The van der Waals surface area contributed by atoms with Gasteiger partial charge in [0.1, 0.15) is 0 Å². The highest BCUT2D eigenvalue weighted by molar-refractivity contribution is 5.18. The number of benzene rings is 1. The van der Waals surface area contributed by atoms with Crippen molar-refractivity contribution in [2.45, 2.75) is 25.9 Å². The molecule has 1 saturated heterocycles. The molecule has 2 rings (SSSR count). The van der Waals surface area contributed by atoms with E-state index in [-0.39, 0.29) is 5.66 Å². The molecule has 1 aromatic carbocycles. The van der Waals surface area contributed by atoms with E-state index in [1.165, 1.54) is 5.56 Å². The van der Waals surface area contributed by atoms with Gasteiger partial charge in [-0.05, 0) is 11.5 Å². The average Bonchev–Trinajstić information content (AvgIpc) is 2.69. The van der Waals surface area contributed by atoms with Crippen LogP contribution in [0.15, 0.2) is 30.3 Å². The Kier molecular flexibility index (Phi) is 3.08. The SMILES string of the molecule is CC(C)C1(Cc2ccccc2)NCCN1. The van der Waals surface area contributed by atoms with Crippen LogP contribution < -0.4 is 10.6 Å². The van der Waals surface area contributed by atoms with Gasteiger partial charge in [-0.25, -0.2) is 0 Å². The Morgan fingerprint density at radius 2 is 1.73 bits per heavy atom. The third-order valence-electron chi connectivity index (χ3n) is 3.32. The highest BCUT2D eigenvalue weighted by atomic mass is 15.3. The molecule has 1 aliphatic rings. The predicted octanol–water partition coefficient (Wildman–Crippen LogP) is 1.77. The zero-order chi connectivity index (χ0) is 10.7. The van der Waals surface area contributed by atoms with Gasteiger partial charge in [0.25, 0.3) is 0 Å². The fourth-order valence-electron chi connectivity index (χ4n) is 2.29. The number of rotatable bonds is 3. The fourth-order valence-corrected chi connectivity index (χ4v) is 2.29. The lowest BCUT2D eigenvalue weighted by Crippen LogP contribution is -2.55. The smallest absolute Gasteiger partial charge is 0.0752 e. The molecule has 1 aliphatic heterocycles. The Morgan fingerprint density at radius 1 is 1.13 bits per heavy atom. The van der Waals surface area contributed by atoms with Crippen LogP contribution in [0.3, 0.4) is 0 Å². The molecule has 2 N–H and O–H groups in total. The van der Waals surface area contributed by atoms with Crippen LogP contribution in [0.4, 0.5) is 0 Å². The Balaban J connectivity index is 2.14. The van der Waals surface area contributed by atoms with E-state index < -0.39 is 0 Å². The molecule has 1 aromatic rings. The first-order valence-electron chi connectivity index (χ1n) is 5.77. The number of hydrogen-bond acceptors (Lipinski definition) is 2. The Bertz CT molecular complexity index is 300. The van der Waals surface area contributed by atoms with Gasteiger partial charge in [-0.2, -0.15) is 0 Å². The normalized spacial score (nSPS) is 19.7. The van der Waals surface area contributed by atoms with E-state index in [0.29, 0.717) is 5.92 Å². The minimum absolute atomic E-state index is 0.0986. The molecule has 2 heteroatoms. The van der Waals surface area contributed by atoms with Crippen LogP contribution in [0.5, 0.6) is 0 Å². The maximum Gasteiger partial charge on any atom is 0.0752 e. The molecule has 0 aromatic heterocycles. The minimum atomic E-state index is 0.0986. The Hall–Kier alpha value is -0.860. The van der Waals surface area contributed by atoms with Crippen molar-refractivity contribution in [2.24, 2.45) is 5.92 Å². The Labute approximate surface area is 92.1 Å². The molecule has 15 heavy (non-hydrogen) atoms. The van der Waals surface area contributed by atoms with Crippen molar-refractivity contribution in [3.8, 4) is 0 Å². The molecule has 0 unspecified atom stereocenters. The van der Waals surface area contributed by atoms with Crippen LogP contribution >= 0.6 is 0 Å². The number of hydrogen-bond donors (Lipinski definition) is 2. The quantitative estimate of drug-likeness (QED) is 0.784. The van der Waals surface area contributed by atoms with E-state index in [0.717, 1.165) is 19.5 Å². The van der Waals surface area contributed by atoms with Crippen molar-refractivity contribution < 1.29 is 0 Å². The largest absolute Gasteiger partial charge is 0.298 e. The summed E-state index contributed by atoms with van der Waals surface area (Å²) in [6.45, 7) is 6.69. The molecule has 0 spiro atoms. The van der Waals surface area contributed by atoms with Gasteiger partial charge in [0.2, 0.25) is 0 Å². The zero-order valence-corrected chi connectivity index (χ0v) is 9.59. The summed E-state index contributed by atoms with van der Waals surface area (Å²) in [7, 11) is 0. The van der Waals surface area contributed by atoms with Gasteiger partial charge in [0.05, 0.1) is 5.66 Å². The fraction of sp³-hybridized carbons (Fsp3) is 0.538. The van der Waals surface area contributed by atoms with Gasteiger partial charge in [-0.15, -0.1) is 0 Å². The summed E-state index contributed by atoms with van der Waals surface area (Å²) in [6.07, 6.45) is 1.06. The van der Waals surface area contributed by atoms with Crippen LogP contribution in [0.2, 0.25) is 0 Å². The van der Waals surface area contributed by atoms with Gasteiger partial charge in [-0.1, -0.05) is 44.2 Å². The summed E-state index contributed by atoms with van der Waals surface area (Å²) in [5.41, 5.74) is 1.49. The van der Waals surface area contributed by atoms with Crippen LogP contribution in [0.25, 0.3) is 0 Å². The van der Waals surface area contributed by atoms with Gasteiger partial charge in [0.15, 0.2) is 0 Å². The van der Waals surface area contributed by atoms with Gasteiger partial charge >= 0.3 is 0 Å². The van der Waals surface area contributed by atoms with E-state index in [2.05, 4.69) is 54.8 Å². The van der Waals surface area contributed by atoms with Gasteiger partial charge in [-0.3, -0.25) is 10.6 Å². The van der Waals surface area contributed by atoms with Crippen LogP contribution in [-0.2, 0) is 6.42 Å². The van der Waals surface area contributed by atoms with Crippen molar-refractivity contribution in [3.63, 3.8) is 0 Å². The maximum atomic E-state index is 3.61. The zero-order valence-electron chi connectivity index (χ0n) is 9.59. The molecule has 1 heterocycles. The maximum absolute atomic E-state index is 3.61. The molecule has 1 fully saturated rings. The summed E-state index contributed by atoms with van der Waals surface area (Å²) < 4.78 is 0. The van der Waals surface area contributed by atoms with E-state index in [1.54, 1.807) is 0 Å². The molecular formula is C13H20N2. The van der Waals surface area contributed by atoms with Crippen molar-refractivity contribution >= 4 is 0 Å². The van der Waals surface area contributed by atoms with Crippen molar-refractivity contribution in [1.29, 1.82) is 0 Å². The topological polar surface area (TPSA) is 24.1 Å². The van der Waals surface area contributed by atoms with Crippen LogP contribution in [0.1, 0.15) is 19.4 Å². The first kappa shape index (κ1) is 10.7. The highest BCUT2D eigenvalue weighted by Crippen LogP contribution is 2.21. The second kappa shape index (κ2) is 4.33. The molecule has 0 saturated carbocycles. The Morgan fingerprint density at radius 3 is 2.27 bits per heavy atom. The molecule has 0 atom stereocenters. The van der Waals surface area contributed by atoms with E-state index in [9.17, 15) is 0 Å².